The quantitative estimate of drug-likeness (QED) is 0.524. The highest BCUT2D eigenvalue weighted by molar-refractivity contribution is 9.10. The molecule has 7 nitrogen and oxygen atoms in total. The number of aryl methyl sites for hydroxylation is 1. The fourth-order valence-electron chi connectivity index (χ4n) is 3.51. The molecule has 0 spiro atoms. The highest BCUT2D eigenvalue weighted by Gasteiger charge is 2.28. The summed E-state index contributed by atoms with van der Waals surface area (Å²) >= 11 is 3.39. The molecule has 31 heavy (non-hydrogen) atoms. The van der Waals surface area contributed by atoms with Gasteiger partial charge in [0.25, 0.3) is 5.91 Å². The predicted octanol–water partition coefficient (Wildman–Crippen LogP) is 4.09. The maximum absolute atomic E-state index is 12.5. The lowest BCUT2D eigenvalue weighted by atomic mass is 10.1. The van der Waals surface area contributed by atoms with Gasteiger partial charge in [0, 0.05) is 36.2 Å². The number of carbonyl (C=O) groups is 1. The minimum absolute atomic E-state index is 0.00494. The summed E-state index contributed by atoms with van der Waals surface area (Å²) in [5.41, 5.74) is 2.13. The maximum atomic E-state index is 12.5. The monoisotopic (exact) mass is 484 g/mol. The zero-order valence-electron chi connectivity index (χ0n) is 17.6. The topological polar surface area (TPSA) is 71.7 Å². The number of carbonyl (C=O) groups excluding carboxylic acids is 1. The normalized spacial score (nSPS) is 15.6. The van der Waals surface area contributed by atoms with Gasteiger partial charge >= 0.3 is 0 Å². The molecular formula is C23H25BrN4O3. The Morgan fingerprint density at radius 3 is 2.45 bits per heavy atom. The maximum Gasteiger partial charge on any atom is 0.260 e. The van der Waals surface area contributed by atoms with Crippen LogP contribution >= 0.6 is 15.9 Å². The van der Waals surface area contributed by atoms with Gasteiger partial charge < -0.3 is 14.2 Å². The molecule has 1 amide bonds. The van der Waals surface area contributed by atoms with E-state index in [0.717, 1.165) is 23.1 Å². The van der Waals surface area contributed by atoms with Crippen molar-refractivity contribution in [2.75, 3.05) is 32.8 Å². The summed E-state index contributed by atoms with van der Waals surface area (Å²) in [4.78, 5) is 21.2. The molecule has 1 unspecified atom stereocenters. The van der Waals surface area contributed by atoms with Crippen LogP contribution in [0.1, 0.15) is 24.4 Å². The van der Waals surface area contributed by atoms with Crippen LogP contribution in [-0.4, -0.2) is 58.6 Å². The van der Waals surface area contributed by atoms with Crippen LogP contribution in [0.2, 0.25) is 0 Å². The van der Waals surface area contributed by atoms with Crippen molar-refractivity contribution in [2.45, 2.75) is 19.9 Å². The third kappa shape index (κ3) is 5.32. The first-order valence-corrected chi connectivity index (χ1v) is 11.1. The molecule has 8 heteroatoms. The molecule has 2 heterocycles. The Labute approximate surface area is 190 Å². The number of aromatic nitrogens is 2. The lowest BCUT2D eigenvalue weighted by Gasteiger charge is -2.36. The molecule has 0 N–H and O–H groups in total. The first-order valence-electron chi connectivity index (χ1n) is 10.3. The van der Waals surface area contributed by atoms with E-state index < -0.39 is 0 Å². The van der Waals surface area contributed by atoms with Crippen LogP contribution in [0.4, 0.5) is 0 Å². The molecule has 0 saturated carbocycles. The highest BCUT2D eigenvalue weighted by Crippen LogP contribution is 2.24. The van der Waals surface area contributed by atoms with Crippen molar-refractivity contribution in [3.05, 3.63) is 64.5 Å². The number of rotatable bonds is 6. The minimum atomic E-state index is -0.0111. The van der Waals surface area contributed by atoms with E-state index in [2.05, 4.69) is 37.9 Å². The fraction of sp³-hybridized carbons (Fsp3) is 0.348. The first kappa shape index (κ1) is 21.5. The third-order valence-electron chi connectivity index (χ3n) is 5.50. The SMILES string of the molecule is Cc1ccc(-c2noc(C(C)N3CCN(C(=O)COc4ccc(Br)cc4)CC3)n2)cc1. The van der Waals surface area contributed by atoms with E-state index in [-0.39, 0.29) is 18.6 Å². The molecule has 162 valence electrons. The van der Waals surface area contributed by atoms with Crippen molar-refractivity contribution in [2.24, 2.45) is 0 Å². The van der Waals surface area contributed by atoms with Crippen LogP contribution in [-0.2, 0) is 4.79 Å². The van der Waals surface area contributed by atoms with Crippen molar-refractivity contribution in [3.63, 3.8) is 0 Å². The zero-order valence-corrected chi connectivity index (χ0v) is 19.2. The number of benzene rings is 2. The van der Waals surface area contributed by atoms with Crippen LogP contribution < -0.4 is 4.74 Å². The Morgan fingerprint density at radius 1 is 1.10 bits per heavy atom. The molecule has 3 aromatic rings. The smallest absolute Gasteiger partial charge is 0.260 e. The van der Waals surface area contributed by atoms with Gasteiger partial charge in [-0.05, 0) is 38.1 Å². The number of halogens is 1. The van der Waals surface area contributed by atoms with E-state index in [1.54, 1.807) is 0 Å². The van der Waals surface area contributed by atoms with Crippen molar-refractivity contribution < 1.29 is 14.1 Å². The Kier molecular flexibility index (Phi) is 6.67. The highest BCUT2D eigenvalue weighted by atomic mass is 79.9. The van der Waals surface area contributed by atoms with E-state index >= 15 is 0 Å². The zero-order chi connectivity index (χ0) is 21.8. The number of amides is 1. The molecule has 1 aliphatic rings. The van der Waals surface area contributed by atoms with E-state index in [4.69, 9.17) is 9.26 Å². The summed E-state index contributed by atoms with van der Waals surface area (Å²) in [6.07, 6.45) is 0. The Balaban J connectivity index is 1.28. The average Bonchev–Trinajstić information content (AvgIpc) is 3.29. The molecule has 0 aliphatic carbocycles. The molecule has 1 atom stereocenters. The summed E-state index contributed by atoms with van der Waals surface area (Å²) in [5, 5.41) is 4.14. The summed E-state index contributed by atoms with van der Waals surface area (Å²) in [5.74, 6) is 1.87. The van der Waals surface area contributed by atoms with Gasteiger partial charge in [-0.1, -0.05) is 50.9 Å². The van der Waals surface area contributed by atoms with E-state index in [1.807, 2.05) is 60.4 Å². The summed E-state index contributed by atoms with van der Waals surface area (Å²) in [7, 11) is 0. The standard InChI is InChI=1S/C23H25BrN4O3/c1-16-3-5-18(6-4-16)22-25-23(31-26-22)17(2)27-11-13-28(14-12-27)21(29)15-30-20-9-7-19(24)8-10-20/h3-10,17H,11-15H2,1-2H3. The molecular weight excluding hydrogens is 460 g/mol. The molecule has 1 fully saturated rings. The van der Waals surface area contributed by atoms with Crippen molar-refractivity contribution in [1.82, 2.24) is 19.9 Å². The van der Waals surface area contributed by atoms with Crippen LogP contribution in [0.3, 0.4) is 0 Å². The van der Waals surface area contributed by atoms with Crippen molar-refractivity contribution >= 4 is 21.8 Å². The lowest BCUT2D eigenvalue weighted by Crippen LogP contribution is -2.50. The van der Waals surface area contributed by atoms with Crippen LogP contribution in [0, 0.1) is 6.92 Å². The van der Waals surface area contributed by atoms with E-state index in [0.29, 0.717) is 30.6 Å². The van der Waals surface area contributed by atoms with Gasteiger partial charge in [0.05, 0.1) is 6.04 Å². The molecule has 1 aliphatic heterocycles. The third-order valence-corrected chi connectivity index (χ3v) is 6.03. The minimum Gasteiger partial charge on any atom is -0.484 e. The molecule has 1 saturated heterocycles. The summed E-state index contributed by atoms with van der Waals surface area (Å²) < 4.78 is 12.1. The predicted molar refractivity (Wildman–Crippen MR) is 121 cm³/mol. The van der Waals surface area contributed by atoms with Gasteiger partial charge in [-0.3, -0.25) is 9.69 Å². The van der Waals surface area contributed by atoms with Gasteiger partial charge in [0.2, 0.25) is 11.7 Å². The van der Waals surface area contributed by atoms with Crippen LogP contribution in [0.15, 0.2) is 57.5 Å². The molecule has 4 rings (SSSR count). The van der Waals surface area contributed by atoms with Crippen molar-refractivity contribution in [1.29, 1.82) is 0 Å². The number of hydrogen-bond donors (Lipinski definition) is 0. The Morgan fingerprint density at radius 2 is 1.77 bits per heavy atom. The first-order chi connectivity index (χ1) is 15.0. The number of piperazine rings is 1. The summed E-state index contributed by atoms with van der Waals surface area (Å²) in [6.45, 7) is 6.92. The molecule has 0 radical (unpaired) electrons. The average molecular weight is 485 g/mol. The van der Waals surface area contributed by atoms with Gasteiger partial charge in [-0.25, -0.2) is 0 Å². The fourth-order valence-corrected chi connectivity index (χ4v) is 3.77. The van der Waals surface area contributed by atoms with Crippen LogP contribution in [0.25, 0.3) is 11.4 Å². The Hall–Kier alpha value is -2.71. The molecule has 1 aromatic heterocycles. The second kappa shape index (κ2) is 9.62. The van der Waals surface area contributed by atoms with E-state index in [9.17, 15) is 4.79 Å². The van der Waals surface area contributed by atoms with Crippen molar-refractivity contribution in [3.8, 4) is 17.1 Å². The van der Waals surface area contributed by atoms with Gasteiger partial charge in [-0.2, -0.15) is 4.98 Å². The molecule has 0 bridgehead atoms. The Bertz CT molecular complexity index is 1010. The second-order valence-corrected chi connectivity index (χ2v) is 8.57. The number of hydrogen-bond acceptors (Lipinski definition) is 6. The van der Waals surface area contributed by atoms with Gasteiger partial charge in [-0.15, -0.1) is 0 Å². The largest absolute Gasteiger partial charge is 0.484 e. The number of nitrogens with zero attached hydrogens (tertiary/aromatic N) is 4. The van der Waals surface area contributed by atoms with E-state index in [1.165, 1.54) is 5.56 Å². The number of ether oxygens (including phenoxy) is 1. The lowest BCUT2D eigenvalue weighted by molar-refractivity contribution is -0.135. The van der Waals surface area contributed by atoms with Crippen LogP contribution in [0.5, 0.6) is 5.75 Å². The summed E-state index contributed by atoms with van der Waals surface area (Å²) in [6, 6.07) is 15.5. The van der Waals surface area contributed by atoms with Gasteiger partial charge in [0.1, 0.15) is 5.75 Å². The second-order valence-electron chi connectivity index (χ2n) is 7.66. The van der Waals surface area contributed by atoms with Gasteiger partial charge in [0.15, 0.2) is 6.61 Å². The molecule has 2 aromatic carbocycles.